The zero-order valence-electron chi connectivity index (χ0n) is 13.5. The molecular weight excluding hydrogens is 370 g/mol. The van der Waals surface area contributed by atoms with Gasteiger partial charge >= 0.3 is 0 Å². The average Bonchev–Trinajstić information content (AvgIpc) is 2.63. The van der Waals surface area contributed by atoms with Crippen molar-refractivity contribution in [3.63, 3.8) is 0 Å². The van der Waals surface area contributed by atoms with Gasteiger partial charge in [0.1, 0.15) is 12.7 Å². The molecule has 2 N–H and O–H groups in total. The van der Waals surface area contributed by atoms with Gasteiger partial charge in [-0.2, -0.15) is 0 Å². The van der Waals surface area contributed by atoms with Crippen molar-refractivity contribution in [2.75, 3.05) is 20.2 Å². The smallest absolute Gasteiger partial charge is 0.191 e. The zero-order valence-corrected chi connectivity index (χ0v) is 15.0. The molecule has 1 unspecified atom stereocenters. The molecule has 2 aromatic carbocycles. The summed E-state index contributed by atoms with van der Waals surface area (Å²) < 4.78 is 12.7. The summed E-state index contributed by atoms with van der Waals surface area (Å²) >= 11 is 3.44. The maximum Gasteiger partial charge on any atom is 0.191 e. The molecule has 0 fully saturated rings. The Bertz CT molecular complexity index is 704. The maximum absolute atomic E-state index is 5.93. The van der Waals surface area contributed by atoms with Crippen LogP contribution in [0.25, 0.3) is 0 Å². The van der Waals surface area contributed by atoms with Crippen LogP contribution < -0.4 is 20.1 Å². The van der Waals surface area contributed by atoms with E-state index < -0.39 is 0 Å². The molecule has 0 aromatic heterocycles. The fraction of sp³-hybridized carbons (Fsp3) is 0.278. The van der Waals surface area contributed by atoms with Crippen LogP contribution in [0, 0.1) is 0 Å². The van der Waals surface area contributed by atoms with E-state index in [0.29, 0.717) is 19.7 Å². The fourth-order valence-corrected chi connectivity index (χ4v) is 2.65. The molecule has 24 heavy (non-hydrogen) atoms. The molecule has 2 aromatic rings. The maximum atomic E-state index is 5.93. The minimum absolute atomic E-state index is 0.0499. The number of nitrogens with zero attached hydrogens (tertiary/aromatic N) is 1. The number of fused-ring (bicyclic) bond motifs is 1. The summed E-state index contributed by atoms with van der Waals surface area (Å²) in [7, 11) is 1.75. The lowest BCUT2D eigenvalue weighted by Crippen LogP contribution is -2.45. The van der Waals surface area contributed by atoms with Crippen molar-refractivity contribution in [3.05, 3.63) is 58.6 Å². The molecule has 0 saturated heterocycles. The predicted octanol–water partition coefficient (Wildman–Crippen LogP) is 2.95. The van der Waals surface area contributed by atoms with Gasteiger partial charge in [-0.3, -0.25) is 4.99 Å². The van der Waals surface area contributed by atoms with Crippen LogP contribution in [0.1, 0.15) is 5.56 Å². The number of rotatable bonds is 4. The monoisotopic (exact) mass is 389 g/mol. The molecule has 126 valence electrons. The normalized spacial score (nSPS) is 16.6. The lowest BCUT2D eigenvalue weighted by Gasteiger charge is -2.27. The van der Waals surface area contributed by atoms with Crippen molar-refractivity contribution in [2.24, 2.45) is 4.99 Å². The van der Waals surface area contributed by atoms with Gasteiger partial charge in [0, 0.05) is 18.1 Å². The Morgan fingerprint density at radius 1 is 1.12 bits per heavy atom. The molecule has 0 radical (unpaired) electrons. The van der Waals surface area contributed by atoms with Gasteiger partial charge in [0.15, 0.2) is 17.5 Å². The van der Waals surface area contributed by atoms with E-state index in [1.54, 1.807) is 7.05 Å². The largest absolute Gasteiger partial charge is 0.486 e. The van der Waals surface area contributed by atoms with E-state index in [4.69, 9.17) is 9.47 Å². The van der Waals surface area contributed by atoms with Crippen LogP contribution in [-0.4, -0.2) is 32.3 Å². The van der Waals surface area contributed by atoms with Crippen LogP contribution in [0.4, 0.5) is 0 Å². The number of nitrogens with one attached hydrogen (secondary N) is 2. The van der Waals surface area contributed by atoms with E-state index >= 15 is 0 Å². The summed E-state index contributed by atoms with van der Waals surface area (Å²) in [5, 5.41) is 6.57. The van der Waals surface area contributed by atoms with Gasteiger partial charge in [-0.25, -0.2) is 0 Å². The van der Waals surface area contributed by atoms with Crippen LogP contribution in [-0.2, 0) is 6.54 Å². The second-order valence-electron chi connectivity index (χ2n) is 5.43. The Morgan fingerprint density at radius 3 is 2.62 bits per heavy atom. The number of ether oxygens (including phenoxy) is 2. The number of para-hydroxylation sites is 2. The van der Waals surface area contributed by atoms with E-state index in [1.807, 2.05) is 36.4 Å². The standard InChI is InChI=1S/C18H20BrN3O2/c1-20-18(21-10-13-6-8-14(19)9-7-13)22-11-15-12-23-16-4-2-3-5-17(16)24-15/h2-9,15H,10-12H2,1H3,(H2,20,21,22). The molecule has 5 nitrogen and oxygen atoms in total. The van der Waals surface area contributed by atoms with Gasteiger partial charge in [-0.15, -0.1) is 0 Å². The summed E-state index contributed by atoms with van der Waals surface area (Å²) in [6.07, 6.45) is -0.0499. The molecule has 3 rings (SSSR count). The zero-order chi connectivity index (χ0) is 16.8. The van der Waals surface area contributed by atoms with Crippen molar-refractivity contribution in [3.8, 4) is 11.5 Å². The first-order chi connectivity index (χ1) is 11.7. The first-order valence-corrected chi connectivity index (χ1v) is 8.61. The Balaban J connectivity index is 1.47. The average molecular weight is 390 g/mol. The Hall–Kier alpha value is -2.21. The van der Waals surface area contributed by atoms with E-state index in [2.05, 4.69) is 43.7 Å². The van der Waals surface area contributed by atoms with Crippen LogP contribution in [0.3, 0.4) is 0 Å². The Kier molecular flexibility index (Phi) is 5.59. The minimum Gasteiger partial charge on any atom is -0.486 e. The number of hydrogen-bond donors (Lipinski definition) is 2. The number of aliphatic imine (C=N–C) groups is 1. The molecule has 6 heteroatoms. The minimum atomic E-state index is -0.0499. The highest BCUT2D eigenvalue weighted by Crippen LogP contribution is 2.30. The molecule has 0 aliphatic carbocycles. The van der Waals surface area contributed by atoms with E-state index in [9.17, 15) is 0 Å². The lowest BCUT2D eigenvalue weighted by atomic mass is 10.2. The molecular formula is C18H20BrN3O2. The third kappa shape index (κ3) is 4.41. The molecule has 1 aliphatic heterocycles. The highest BCUT2D eigenvalue weighted by Gasteiger charge is 2.20. The lowest BCUT2D eigenvalue weighted by molar-refractivity contribution is 0.0936. The summed E-state index contributed by atoms with van der Waals surface area (Å²) in [5.41, 5.74) is 1.19. The molecule has 0 amide bonds. The van der Waals surface area contributed by atoms with Gasteiger partial charge in [-0.1, -0.05) is 40.2 Å². The van der Waals surface area contributed by atoms with Crippen LogP contribution >= 0.6 is 15.9 Å². The van der Waals surface area contributed by atoms with Crippen molar-refractivity contribution in [1.82, 2.24) is 10.6 Å². The predicted molar refractivity (Wildman–Crippen MR) is 98.7 cm³/mol. The molecule has 1 atom stereocenters. The van der Waals surface area contributed by atoms with Crippen LogP contribution in [0.2, 0.25) is 0 Å². The quantitative estimate of drug-likeness (QED) is 0.623. The van der Waals surface area contributed by atoms with Crippen molar-refractivity contribution < 1.29 is 9.47 Å². The molecule has 0 spiro atoms. The van der Waals surface area contributed by atoms with Gasteiger partial charge in [0.05, 0.1) is 6.54 Å². The van der Waals surface area contributed by atoms with Crippen molar-refractivity contribution in [1.29, 1.82) is 0 Å². The molecule has 1 aliphatic rings. The molecule has 1 heterocycles. The van der Waals surface area contributed by atoms with Crippen molar-refractivity contribution in [2.45, 2.75) is 12.6 Å². The topological polar surface area (TPSA) is 54.9 Å². The molecule has 0 bridgehead atoms. The summed E-state index contributed by atoms with van der Waals surface area (Å²) in [6, 6.07) is 15.9. The SMILES string of the molecule is CN=C(NCc1ccc(Br)cc1)NCC1COc2ccccc2O1. The van der Waals surface area contributed by atoms with Crippen LogP contribution in [0.15, 0.2) is 58.0 Å². The second kappa shape index (κ2) is 8.06. The highest BCUT2D eigenvalue weighted by molar-refractivity contribution is 9.10. The Morgan fingerprint density at radius 2 is 1.88 bits per heavy atom. The number of hydrogen-bond acceptors (Lipinski definition) is 3. The fourth-order valence-electron chi connectivity index (χ4n) is 2.38. The van der Waals surface area contributed by atoms with E-state index in [-0.39, 0.29) is 6.10 Å². The van der Waals surface area contributed by atoms with E-state index in [0.717, 1.165) is 21.9 Å². The third-order valence-electron chi connectivity index (χ3n) is 3.66. The summed E-state index contributed by atoms with van der Waals surface area (Å²) in [6.45, 7) is 1.85. The first kappa shape index (κ1) is 16.6. The van der Waals surface area contributed by atoms with Crippen LogP contribution in [0.5, 0.6) is 11.5 Å². The van der Waals surface area contributed by atoms with Gasteiger partial charge in [-0.05, 0) is 29.8 Å². The Labute approximate surface area is 150 Å². The van der Waals surface area contributed by atoms with Gasteiger partial charge in [0.25, 0.3) is 0 Å². The number of guanidine groups is 1. The third-order valence-corrected chi connectivity index (χ3v) is 4.19. The first-order valence-electron chi connectivity index (χ1n) is 7.82. The number of halogens is 1. The van der Waals surface area contributed by atoms with Crippen molar-refractivity contribution >= 4 is 21.9 Å². The number of benzene rings is 2. The van der Waals surface area contributed by atoms with E-state index in [1.165, 1.54) is 5.56 Å². The second-order valence-corrected chi connectivity index (χ2v) is 6.35. The summed E-state index contributed by atoms with van der Waals surface area (Å²) in [5.74, 6) is 2.32. The molecule has 0 saturated carbocycles. The highest BCUT2D eigenvalue weighted by atomic mass is 79.9. The van der Waals surface area contributed by atoms with Gasteiger partial charge < -0.3 is 20.1 Å². The summed E-state index contributed by atoms with van der Waals surface area (Å²) in [4.78, 5) is 4.24. The van der Waals surface area contributed by atoms with Gasteiger partial charge in [0.2, 0.25) is 0 Å².